The molecule has 0 unspecified atom stereocenters. The van der Waals surface area contributed by atoms with Gasteiger partial charge in [0.25, 0.3) is 0 Å². The molecule has 0 atom stereocenters. The van der Waals surface area contributed by atoms with E-state index in [9.17, 15) is 15.0 Å². The highest BCUT2D eigenvalue weighted by Crippen LogP contribution is 2.30. The zero-order valence-corrected chi connectivity index (χ0v) is 13.3. The fourth-order valence-electron chi connectivity index (χ4n) is 2.55. The summed E-state index contributed by atoms with van der Waals surface area (Å²) in [6, 6.07) is 2.88. The Morgan fingerprint density at radius 1 is 1.26 bits per heavy atom. The lowest BCUT2D eigenvalue weighted by atomic mass is 9.96. The molecule has 1 saturated carbocycles. The van der Waals surface area contributed by atoms with Gasteiger partial charge in [-0.1, -0.05) is 19.3 Å². The SMILES string of the molecule is O=C(O)c1c(/C=N/NC(=S)NC2CCCCC2)ccc(O)c1O. The first-order chi connectivity index (χ1) is 11.0. The number of thiocarbonyl (C=S) groups is 1. The number of carboxylic acid groups (broad SMARTS) is 1. The highest BCUT2D eigenvalue weighted by atomic mass is 32.1. The summed E-state index contributed by atoms with van der Waals surface area (Å²) in [6.45, 7) is 0. The van der Waals surface area contributed by atoms with Crippen LogP contribution in [0.2, 0.25) is 0 Å². The summed E-state index contributed by atoms with van der Waals surface area (Å²) in [4.78, 5) is 11.2. The monoisotopic (exact) mass is 337 g/mol. The summed E-state index contributed by atoms with van der Waals surface area (Å²) in [5, 5.41) is 35.5. The van der Waals surface area contributed by atoms with Crippen molar-refractivity contribution in [1.82, 2.24) is 10.7 Å². The molecule has 1 aromatic carbocycles. The molecule has 124 valence electrons. The van der Waals surface area contributed by atoms with Crippen LogP contribution in [0.3, 0.4) is 0 Å². The molecule has 1 fully saturated rings. The average molecular weight is 337 g/mol. The second-order valence-electron chi connectivity index (χ2n) is 5.38. The van der Waals surface area contributed by atoms with Crippen LogP contribution in [0.4, 0.5) is 0 Å². The molecular formula is C15H19N3O4S. The molecule has 0 amide bonds. The van der Waals surface area contributed by atoms with Gasteiger partial charge >= 0.3 is 5.97 Å². The standard InChI is InChI=1S/C15H19N3O4S/c19-11-7-6-9(12(13(11)20)14(21)22)8-16-18-15(23)17-10-4-2-1-3-5-10/h6-8,10,19-20H,1-5H2,(H,21,22)(H2,17,18,23)/b16-8+. The topological polar surface area (TPSA) is 114 Å². The molecule has 0 spiro atoms. The van der Waals surface area contributed by atoms with E-state index in [0.717, 1.165) is 12.8 Å². The Morgan fingerprint density at radius 3 is 2.61 bits per heavy atom. The zero-order valence-electron chi connectivity index (χ0n) is 12.5. The van der Waals surface area contributed by atoms with E-state index < -0.39 is 23.0 Å². The number of nitrogens with one attached hydrogen (secondary N) is 2. The molecule has 1 aliphatic carbocycles. The molecule has 7 nitrogen and oxygen atoms in total. The minimum absolute atomic E-state index is 0.153. The molecule has 0 aliphatic heterocycles. The van der Waals surface area contributed by atoms with Crippen LogP contribution >= 0.6 is 12.2 Å². The second-order valence-corrected chi connectivity index (χ2v) is 5.79. The number of carbonyl (C=O) groups is 1. The Morgan fingerprint density at radius 2 is 1.96 bits per heavy atom. The second kappa shape index (κ2) is 7.77. The average Bonchev–Trinajstić information content (AvgIpc) is 2.51. The van der Waals surface area contributed by atoms with E-state index in [2.05, 4.69) is 15.8 Å². The molecule has 23 heavy (non-hydrogen) atoms. The number of hydrogen-bond acceptors (Lipinski definition) is 5. The van der Waals surface area contributed by atoms with Gasteiger partial charge in [-0.25, -0.2) is 4.79 Å². The molecular weight excluding hydrogens is 318 g/mol. The molecule has 0 aromatic heterocycles. The molecule has 0 heterocycles. The number of benzene rings is 1. The van der Waals surface area contributed by atoms with E-state index in [-0.39, 0.29) is 5.56 Å². The van der Waals surface area contributed by atoms with E-state index in [0.29, 0.717) is 11.2 Å². The number of carboxylic acids is 1. The van der Waals surface area contributed by atoms with E-state index in [1.165, 1.54) is 37.6 Å². The zero-order chi connectivity index (χ0) is 16.8. The van der Waals surface area contributed by atoms with Crippen LogP contribution in [0, 0.1) is 0 Å². The number of rotatable bonds is 4. The first-order valence-electron chi connectivity index (χ1n) is 7.37. The minimum Gasteiger partial charge on any atom is -0.504 e. The Kier molecular flexibility index (Phi) is 5.75. The Labute approximate surface area is 139 Å². The number of phenolic OH excluding ortho intramolecular Hbond substituents is 1. The molecule has 1 aromatic rings. The number of hydrazone groups is 1. The predicted molar refractivity (Wildman–Crippen MR) is 90.1 cm³/mol. The summed E-state index contributed by atoms with van der Waals surface area (Å²) in [7, 11) is 0. The van der Waals surface area contributed by atoms with Gasteiger partial charge in [0.1, 0.15) is 5.56 Å². The van der Waals surface area contributed by atoms with Crippen molar-refractivity contribution in [2.45, 2.75) is 38.1 Å². The van der Waals surface area contributed by atoms with E-state index in [1.807, 2.05) is 0 Å². The third kappa shape index (κ3) is 4.56. The number of hydrogen-bond donors (Lipinski definition) is 5. The molecule has 5 N–H and O–H groups in total. The van der Waals surface area contributed by atoms with Crippen molar-refractivity contribution >= 4 is 29.5 Å². The largest absolute Gasteiger partial charge is 0.504 e. The molecule has 8 heteroatoms. The summed E-state index contributed by atoms with van der Waals surface area (Å²) < 4.78 is 0. The minimum atomic E-state index is -1.36. The van der Waals surface area contributed by atoms with Gasteiger partial charge in [-0.2, -0.15) is 5.10 Å². The lowest BCUT2D eigenvalue weighted by Crippen LogP contribution is -2.40. The van der Waals surface area contributed by atoms with Crippen molar-refractivity contribution in [3.8, 4) is 11.5 Å². The quantitative estimate of drug-likeness (QED) is 0.247. The Balaban J connectivity index is 1.99. The van der Waals surface area contributed by atoms with Gasteiger partial charge in [0.15, 0.2) is 16.6 Å². The van der Waals surface area contributed by atoms with Crippen molar-refractivity contribution in [2.24, 2.45) is 5.10 Å². The maximum absolute atomic E-state index is 11.2. The van der Waals surface area contributed by atoms with Crippen LogP contribution in [0.1, 0.15) is 48.0 Å². The van der Waals surface area contributed by atoms with Crippen LogP contribution in [-0.4, -0.2) is 38.7 Å². The molecule has 1 aliphatic rings. The maximum atomic E-state index is 11.2. The van der Waals surface area contributed by atoms with E-state index in [4.69, 9.17) is 17.3 Å². The Hall–Kier alpha value is -2.35. The van der Waals surface area contributed by atoms with Crippen LogP contribution in [0.15, 0.2) is 17.2 Å². The number of aromatic hydroxyl groups is 2. The lowest BCUT2D eigenvalue weighted by Gasteiger charge is -2.23. The van der Waals surface area contributed by atoms with Gasteiger partial charge in [0.2, 0.25) is 0 Å². The van der Waals surface area contributed by atoms with Crippen LogP contribution in [0.25, 0.3) is 0 Å². The number of phenols is 2. The van der Waals surface area contributed by atoms with Gasteiger partial charge in [0.05, 0.1) is 6.21 Å². The van der Waals surface area contributed by atoms with Crippen LogP contribution < -0.4 is 10.7 Å². The highest BCUT2D eigenvalue weighted by molar-refractivity contribution is 7.80. The summed E-state index contributed by atoms with van der Waals surface area (Å²) >= 11 is 5.14. The molecule has 0 radical (unpaired) electrons. The van der Waals surface area contributed by atoms with Crippen LogP contribution in [-0.2, 0) is 0 Å². The third-order valence-electron chi connectivity index (χ3n) is 3.71. The first-order valence-corrected chi connectivity index (χ1v) is 7.77. The summed E-state index contributed by atoms with van der Waals surface area (Å²) in [5.74, 6) is -2.55. The lowest BCUT2D eigenvalue weighted by molar-refractivity contribution is 0.0693. The molecule has 2 rings (SSSR count). The normalized spacial score (nSPS) is 15.5. The smallest absolute Gasteiger partial charge is 0.340 e. The fourth-order valence-corrected chi connectivity index (χ4v) is 2.77. The van der Waals surface area contributed by atoms with Gasteiger partial charge in [-0.15, -0.1) is 0 Å². The molecule has 0 bridgehead atoms. The van der Waals surface area contributed by atoms with Gasteiger partial charge < -0.3 is 20.6 Å². The van der Waals surface area contributed by atoms with Crippen molar-refractivity contribution < 1.29 is 20.1 Å². The van der Waals surface area contributed by atoms with Crippen molar-refractivity contribution in [3.63, 3.8) is 0 Å². The van der Waals surface area contributed by atoms with E-state index >= 15 is 0 Å². The summed E-state index contributed by atoms with van der Waals surface area (Å²) in [5.41, 5.74) is 2.37. The predicted octanol–water partition coefficient (Wildman–Crippen LogP) is 1.93. The van der Waals surface area contributed by atoms with Crippen molar-refractivity contribution in [1.29, 1.82) is 0 Å². The van der Waals surface area contributed by atoms with Crippen LogP contribution in [0.5, 0.6) is 11.5 Å². The van der Waals surface area contributed by atoms with E-state index in [1.54, 1.807) is 0 Å². The Bertz CT molecular complexity index is 627. The fraction of sp³-hybridized carbons (Fsp3) is 0.400. The first kappa shape index (κ1) is 17.0. The van der Waals surface area contributed by atoms with Gasteiger partial charge in [-0.05, 0) is 37.2 Å². The third-order valence-corrected chi connectivity index (χ3v) is 3.92. The number of nitrogens with zero attached hydrogens (tertiary/aromatic N) is 1. The summed E-state index contributed by atoms with van der Waals surface area (Å²) in [6.07, 6.45) is 6.98. The van der Waals surface area contributed by atoms with Crippen molar-refractivity contribution in [2.75, 3.05) is 0 Å². The maximum Gasteiger partial charge on any atom is 0.340 e. The van der Waals surface area contributed by atoms with Gasteiger partial charge in [0, 0.05) is 11.6 Å². The van der Waals surface area contributed by atoms with Crippen molar-refractivity contribution in [3.05, 3.63) is 23.3 Å². The number of aromatic carboxylic acids is 1. The highest BCUT2D eigenvalue weighted by Gasteiger charge is 2.18. The molecule has 0 saturated heterocycles. The van der Waals surface area contributed by atoms with Gasteiger partial charge in [-0.3, -0.25) is 5.43 Å².